The van der Waals surface area contributed by atoms with Gasteiger partial charge in [0.25, 0.3) is 0 Å². The quantitative estimate of drug-likeness (QED) is 0.783. The lowest BCUT2D eigenvalue weighted by atomic mass is 10.2. The number of carbonyl (C=O) groups is 2. The second-order valence-corrected chi connectivity index (χ2v) is 6.74. The van der Waals surface area contributed by atoms with Crippen LogP contribution in [0.3, 0.4) is 0 Å². The van der Waals surface area contributed by atoms with Crippen LogP contribution >= 0.6 is 11.8 Å². The monoisotopic (exact) mass is 342 g/mol. The average Bonchev–Trinajstić information content (AvgIpc) is 2.57. The lowest BCUT2D eigenvalue weighted by molar-refractivity contribution is -0.132. The molecule has 2 aromatic carbocycles. The van der Waals surface area contributed by atoms with Crippen molar-refractivity contribution in [3.8, 4) is 0 Å². The molecule has 5 heteroatoms. The summed E-state index contributed by atoms with van der Waals surface area (Å²) in [6.07, 6.45) is 0.411. The average molecular weight is 342 g/mol. The second-order valence-electron chi connectivity index (χ2n) is 5.58. The van der Waals surface area contributed by atoms with Crippen LogP contribution in [0.4, 0.5) is 5.69 Å². The van der Waals surface area contributed by atoms with Crippen molar-refractivity contribution in [3.05, 3.63) is 60.2 Å². The van der Waals surface area contributed by atoms with Crippen LogP contribution in [-0.4, -0.2) is 36.1 Å². The molecule has 0 spiro atoms. The van der Waals surface area contributed by atoms with Gasteiger partial charge in [-0.1, -0.05) is 35.9 Å². The number of nitrogens with one attached hydrogen (secondary N) is 1. The van der Waals surface area contributed by atoms with Crippen molar-refractivity contribution in [1.82, 2.24) is 4.90 Å². The number of thioether (sulfide) groups is 1. The molecule has 1 N–H and O–H groups in total. The van der Waals surface area contributed by atoms with E-state index in [2.05, 4.69) is 5.32 Å². The van der Waals surface area contributed by atoms with E-state index in [1.165, 1.54) is 4.90 Å². The van der Waals surface area contributed by atoms with Crippen molar-refractivity contribution in [1.29, 1.82) is 0 Å². The third-order valence-corrected chi connectivity index (χ3v) is 4.48. The van der Waals surface area contributed by atoms with Gasteiger partial charge in [0.1, 0.15) is 0 Å². The highest BCUT2D eigenvalue weighted by Gasteiger charge is 2.13. The highest BCUT2D eigenvalue weighted by Crippen LogP contribution is 2.18. The van der Waals surface area contributed by atoms with E-state index in [9.17, 15) is 9.59 Å². The smallest absolute Gasteiger partial charge is 0.243 e. The molecule has 0 bridgehead atoms. The summed E-state index contributed by atoms with van der Waals surface area (Å²) in [7, 11) is 1.66. The molecule has 2 rings (SSSR count). The van der Waals surface area contributed by atoms with Gasteiger partial charge in [-0.05, 0) is 31.2 Å². The van der Waals surface area contributed by atoms with Gasteiger partial charge < -0.3 is 10.2 Å². The largest absolute Gasteiger partial charge is 0.336 e. The summed E-state index contributed by atoms with van der Waals surface area (Å²) < 4.78 is 0. The Morgan fingerprint density at radius 3 is 2.38 bits per heavy atom. The molecule has 0 fully saturated rings. The zero-order chi connectivity index (χ0) is 17.4. The molecule has 24 heavy (non-hydrogen) atoms. The molecule has 0 saturated heterocycles. The number of anilines is 1. The Morgan fingerprint density at radius 1 is 1.04 bits per heavy atom. The van der Waals surface area contributed by atoms with E-state index in [0.717, 1.165) is 16.1 Å². The molecule has 0 aliphatic heterocycles. The minimum Gasteiger partial charge on any atom is -0.336 e. The minimum atomic E-state index is -0.189. The molecular formula is C19H22N2O2S. The van der Waals surface area contributed by atoms with Gasteiger partial charge in [-0.3, -0.25) is 9.59 Å². The van der Waals surface area contributed by atoms with E-state index in [4.69, 9.17) is 0 Å². The van der Waals surface area contributed by atoms with Crippen LogP contribution in [0.5, 0.6) is 0 Å². The third kappa shape index (κ3) is 6.08. The molecule has 0 aromatic heterocycles. The topological polar surface area (TPSA) is 49.4 Å². The summed E-state index contributed by atoms with van der Waals surface area (Å²) in [5.74, 6) is 0.482. The minimum absolute atomic E-state index is 0.0301. The predicted octanol–water partition coefficient (Wildman–Crippen LogP) is 3.57. The van der Waals surface area contributed by atoms with Crippen molar-refractivity contribution in [3.63, 3.8) is 0 Å². The lowest BCUT2D eigenvalue weighted by Gasteiger charge is -2.16. The summed E-state index contributed by atoms with van der Waals surface area (Å²) >= 11 is 1.64. The highest BCUT2D eigenvalue weighted by atomic mass is 32.2. The maximum Gasteiger partial charge on any atom is 0.243 e. The Labute approximate surface area is 147 Å². The van der Waals surface area contributed by atoms with Crippen LogP contribution in [0, 0.1) is 6.92 Å². The number of rotatable bonds is 7. The van der Waals surface area contributed by atoms with E-state index in [1.807, 2.05) is 61.5 Å². The maximum absolute atomic E-state index is 12.1. The zero-order valence-corrected chi connectivity index (χ0v) is 14.8. The fraction of sp³-hybridized carbons (Fsp3) is 0.263. The molecule has 0 atom stereocenters. The summed E-state index contributed by atoms with van der Waals surface area (Å²) in [5.41, 5.74) is 1.88. The Morgan fingerprint density at radius 2 is 1.71 bits per heavy atom. The van der Waals surface area contributed by atoms with Crippen molar-refractivity contribution in [2.75, 3.05) is 24.7 Å². The SMILES string of the molecule is Cc1ccc(NC(=O)CN(C)C(=O)CCSc2ccccc2)cc1. The van der Waals surface area contributed by atoms with Crippen LogP contribution < -0.4 is 5.32 Å². The Balaban J connectivity index is 1.72. The number of hydrogen-bond donors (Lipinski definition) is 1. The first-order valence-electron chi connectivity index (χ1n) is 7.83. The van der Waals surface area contributed by atoms with Crippen molar-refractivity contribution >= 4 is 29.3 Å². The fourth-order valence-corrected chi connectivity index (χ4v) is 2.97. The van der Waals surface area contributed by atoms with Gasteiger partial charge in [0, 0.05) is 29.8 Å². The van der Waals surface area contributed by atoms with Crippen molar-refractivity contribution < 1.29 is 9.59 Å². The first kappa shape index (κ1) is 18.1. The molecule has 2 aromatic rings. The normalized spacial score (nSPS) is 10.2. The number of nitrogens with zero attached hydrogens (tertiary/aromatic N) is 1. The highest BCUT2D eigenvalue weighted by molar-refractivity contribution is 7.99. The number of benzene rings is 2. The Bertz CT molecular complexity index is 672. The number of likely N-dealkylation sites (N-methyl/N-ethyl adjacent to an activating group) is 1. The van der Waals surface area contributed by atoms with E-state index in [1.54, 1.807) is 18.8 Å². The number of hydrogen-bond acceptors (Lipinski definition) is 3. The number of carbonyl (C=O) groups excluding carboxylic acids is 2. The second kappa shape index (κ2) is 9.13. The van der Waals surface area contributed by atoms with E-state index < -0.39 is 0 Å². The zero-order valence-electron chi connectivity index (χ0n) is 14.0. The van der Waals surface area contributed by atoms with Gasteiger partial charge >= 0.3 is 0 Å². The van der Waals surface area contributed by atoms with Gasteiger partial charge in [0.15, 0.2) is 0 Å². The number of amides is 2. The summed E-state index contributed by atoms with van der Waals surface area (Å²) in [5, 5.41) is 2.80. The fourth-order valence-electron chi connectivity index (χ4n) is 2.10. The lowest BCUT2D eigenvalue weighted by Crippen LogP contribution is -2.35. The first-order valence-corrected chi connectivity index (χ1v) is 8.81. The maximum atomic E-state index is 12.1. The van der Waals surface area contributed by atoms with Crippen LogP contribution in [0.1, 0.15) is 12.0 Å². The van der Waals surface area contributed by atoms with Crippen LogP contribution in [0.25, 0.3) is 0 Å². The van der Waals surface area contributed by atoms with E-state index in [0.29, 0.717) is 12.2 Å². The van der Waals surface area contributed by atoms with Gasteiger partial charge in [-0.25, -0.2) is 0 Å². The van der Waals surface area contributed by atoms with Gasteiger partial charge in [-0.15, -0.1) is 11.8 Å². The van der Waals surface area contributed by atoms with Gasteiger partial charge in [-0.2, -0.15) is 0 Å². The van der Waals surface area contributed by atoms with Crippen LogP contribution in [0.2, 0.25) is 0 Å². The standard InChI is InChI=1S/C19H22N2O2S/c1-15-8-10-16(11-9-15)20-18(22)14-21(2)19(23)12-13-24-17-6-4-3-5-7-17/h3-11H,12-14H2,1-2H3,(H,20,22). The third-order valence-electron chi connectivity index (χ3n) is 3.47. The summed E-state index contributed by atoms with van der Waals surface area (Å²) in [6.45, 7) is 2.05. The molecule has 0 saturated carbocycles. The van der Waals surface area contributed by atoms with E-state index >= 15 is 0 Å². The van der Waals surface area contributed by atoms with Crippen LogP contribution in [0.15, 0.2) is 59.5 Å². The Hall–Kier alpha value is -2.27. The first-order chi connectivity index (χ1) is 11.5. The van der Waals surface area contributed by atoms with Crippen LogP contribution in [-0.2, 0) is 9.59 Å². The number of aryl methyl sites for hydroxylation is 1. The molecule has 126 valence electrons. The molecule has 0 heterocycles. The molecule has 2 amide bonds. The molecule has 0 radical (unpaired) electrons. The van der Waals surface area contributed by atoms with Crippen molar-refractivity contribution in [2.45, 2.75) is 18.2 Å². The molecule has 0 aliphatic carbocycles. The molecule has 4 nitrogen and oxygen atoms in total. The molecular weight excluding hydrogens is 320 g/mol. The van der Waals surface area contributed by atoms with Gasteiger partial charge in [0.2, 0.25) is 11.8 Å². The van der Waals surface area contributed by atoms with E-state index in [-0.39, 0.29) is 18.4 Å². The molecule has 0 aliphatic rings. The predicted molar refractivity (Wildman–Crippen MR) is 99.2 cm³/mol. The Kier molecular flexibility index (Phi) is 6.88. The van der Waals surface area contributed by atoms with Gasteiger partial charge in [0.05, 0.1) is 6.54 Å². The van der Waals surface area contributed by atoms with Crippen molar-refractivity contribution in [2.24, 2.45) is 0 Å². The summed E-state index contributed by atoms with van der Waals surface area (Å²) in [6, 6.07) is 17.5. The summed E-state index contributed by atoms with van der Waals surface area (Å²) in [4.78, 5) is 26.7. The molecule has 0 unspecified atom stereocenters.